The first-order chi connectivity index (χ1) is 15.0. The summed E-state index contributed by atoms with van der Waals surface area (Å²) in [6, 6.07) is 15.2. The van der Waals surface area contributed by atoms with E-state index >= 15 is 0 Å². The molecule has 0 bridgehead atoms. The lowest BCUT2D eigenvalue weighted by molar-refractivity contribution is 0.199. The molecular formula is C27H37O3P. The fraction of sp³-hybridized carbons (Fsp3) is 0.556. The Bertz CT molecular complexity index is 867. The summed E-state index contributed by atoms with van der Waals surface area (Å²) >= 11 is 0. The van der Waals surface area contributed by atoms with Gasteiger partial charge in [0.25, 0.3) is 0 Å². The minimum Gasteiger partial charge on any atom is -0.497 e. The highest BCUT2D eigenvalue weighted by Gasteiger charge is 2.41. The summed E-state index contributed by atoms with van der Waals surface area (Å²) in [5.74, 6) is 3.23. The highest BCUT2D eigenvalue weighted by molar-refractivity contribution is 7.50. The molecule has 2 aromatic rings. The van der Waals surface area contributed by atoms with Gasteiger partial charge in [-0.1, -0.05) is 25.1 Å². The molecule has 1 unspecified atom stereocenters. The van der Waals surface area contributed by atoms with E-state index in [1.807, 2.05) is 6.66 Å². The van der Waals surface area contributed by atoms with E-state index in [1.165, 1.54) is 49.7 Å². The van der Waals surface area contributed by atoms with Crippen molar-refractivity contribution in [2.75, 3.05) is 26.5 Å². The van der Waals surface area contributed by atoms with Gasteiger partial charge in [-0.25, -0.2) is 0 Å². The van der Waals surface area contributed by atoms with Gasteiger partial charge in [-0.15, -0.1) is 0 Å². The van der Waals surface area contributed by atoms with E-state index in [2.05, 4.69) is 49.4 Å². The fourth-order valence-electron chi connectivity index (χ4n) is 4.95. The average Bonchev–Trinajstić information content (AvgIpc) is 3.55. The molecule has 1 N–H and O–H groups in total. The largest absolute Gasteiger partial charge is 0.497 e. The Morgan fingerprint density at radius 3 is 2.48 bits per heavy atom. The molecule has 0 saturated heterocycles. The number of rotatable bonds is 9. The van der Waals surface area contributed by atoms with Gasteiger partial charge in [-0.3, -0.25) is 0 Å². The highest BCUT2D eigenvalue weighted by atomic mass is 31.1. The zero-order chi connectivity index (χ0) is 21.8. The smallest absolute Gasteiger partial charge is 0.119 e. The molecule has 2 fully saturated rings. The molecule has 0 aromatic heterocycles. The van der Waals surface area contributed by atoms with Gasteiger partial charge < -0.3 is 14.4 Å². The summed E-state index contributed by atoms with van der Waals surface area (Å²) in [6.45, 7) is 5.12. The Balaban J connectivity index is 1.32. The maximum atomic E-state index is 9.58. The summed E-state index contributed by atoms with van der Waals surface area (Å²) in [6.07, 6.45) is 9.32. The van der Waals surface area contributed by atoms with Gasteiger partial charge in [0.05, 0.1) is 13.7 Å². The highest BCUT2D eigenvalue weighted by Crippen LogP contribution is 2.52. The SMILES string of the molecule is COc1ccc(C2(C)CC2)c(C2CCC(COc3cccc(CCP(C)O)c3)CC2)c1. The summed E-state index contributed by atoms with van der Waals surface area (Å²) in [5.41, 5.74) is 4.74. The van der Waals surface area contributed by atoms with E-state index in [9.17, 15) is 4.89 Å². The number of benzene rings is 2. The maximum Gasteiger partial charge on any atom is 0.119 e. The zero-order valence-electron chi connectivity index (χ0n) is 19.3. The van der Waals surface area contributed by atoms with Crippen molar-refractivity contribution < 1.29 is 14.4 Å². The molecule has 0 aliphatic heterocycles. The third-order valence-corrected chi connectivity index (χ3v) is 8.17. The lowest BCUT2D eigenvalue weighted by Crippen LogP contribution is -2.20. The zero-order valence-corrected chi connectivity index (χ0v) is 20.2. The summed E-state index contributed by atoms with van der Waals surface area (Å²) < 4.78 is 11.7. The monoisotopic (exact) mass is 440 g/mol. The predicted molar refractivity (Wildman–Crippen MR) is 130 cm³/mol. The van der Waals surface area contributed by atoms with Crippen LogP contribution in [0.3, 0.4) is 0 Å². The van der Waals surface area contributed by atoms with Gasteiger partial charge in [0, 0.05) is 8.15 Å². The molecule has 4 rings (SSSR count). The van der Waals surface area contributed by atoms with Crippen LogP contribution in [0.2, 0.25) is 0 Å². The van der Waals surface area contributed by atoms with Crippen LogP contribution in [0.15, 0.2) is 42.5 Å². The average molecular weight is 441 g/mol. The third-order valence-electron chi connectivity index (χ3n) is 7.30. The molecule has 2 aliphatic rings. The van der Waals surface area contributed by atoms with E-state index < -0.39 is 8.15 Å². The van der Waals surface area contributed by atoms with Crippen molar-refractivity contribution in [2.24, 2.45) is 5.92 Å². The van der Waals surface area contributed by atoms with Crippen LogP contribution >= 0.6 is 8.15 Å². The lowest BCUT2D eigenvalue weighted by atomic mass is 9.75. The van der Waals surface area contributed by atoms with Crippen LogP contribution in [-0.2, 0) is 11.8 Å². The fourth-order valence-corrected chi connectivity index (χ4v) is 5.53. The van der Waals surface area contributed by atoms with Crippen LogP contribution < -0.4 is 9.47 Å². The molecule has 4 heteroatoms. The van der Waals surface area contributed by atoms with Crippen molar-refractivity contribution in [2.45, 2.75) is 63.2 Å². The van der Waals surface area contributed by atoms with Gasteiger partial charge >= 0.3 is 0 Å². The molecular weight excluding hydrogens is 403 g/mol. The predicted octanol–water partition coefficient (Wildman–Crippen LogP) is 6.66. The Morgan fingerprint density at radius 2 is 1.81 bits per heavy atom. The van der Waals surface area contributed by atoms with Crippen molar-refractivity contribution in [3.05, 3.63) is 59.2 Å². The number of methoxy groups -OCH3 is 1. The van der Waals surface area contributed by atoms with Gasteiger partial charge in [0.15, 0.2) is 0 Å². The molecule has 2 aliphatic carbocycles. The molecule has 31 heavy (non-hydrogen) atoms. The first-order valence-corrected chi connectivity index (χ1v) is 13.7. The van der Waals surface area contributed by atoms with Crippen molar-refractivity contribution in [1.82, 2.24) is 0 Å². The Hall–Kier alpha value is -1.57. The first kappa shape index (κ1) is 22.6. The standard InChI is InChI=1S/C27H37O3P/c1-27(14-15-27)26-12-11-23(29-2)18-25(26)22-9-7-21(8-10-22)19-30-24-6-4-5-20(17-24)13-16-31(3)28/h4-6,11-12,17-18,21-22,28H,7-10,13-16,19H2,1-3H3. The van der Waals surface area contributed by atoms with E-state index in [4.69, 9.17) is 9.47 Å². The summed E-state index contributed by atoms with van der Waals surface area (Å²) in [5, 5.41) is 0. The summed E-state index contributed by atoms with van der Waals surface area (Å²) in [4.78, 5) is 9.58. The van der Waals surface area contributed by atoms with Crippen molar-refractivity contribution >= 4 is 8.15 Å². The van der Waals surface area contributed by atoms with Crippen LogP contribution in [0.25, 0.3) is 0 Å². The maximum absolute atomic E-state index is 9.58. The quantitative estimate of drug-likeness (QED) is 0.443. The van der Waals surface area contributed by atoms with E-state index in [0.29, 0.717) is 17.3 Å². The second kappa shape index (κ2) is 9.92. The number of aryl methyl sites for hydroxylation is 1. The minimum absolute atomic E-state index is 0.390. The van der Waals surface area contributed by atoms with E-state index in [1.54, 1.807) is 12.7 Å². The van der Waals surface area contributed by atoms with Crippen LogP contribution in [0, 0.1) is 5.92 Å². The summed E-state index contributed by atoms with van der Waals surface area (Å²) in [7, 11) is 0.936. The Labute approximate surface area is 189 Å². The van der Waals surface area contributed by atoms with Gasteiger partial charge in [0.1, 0.15) is 11.5 Å². The number of ether oxygens (including phenoxy) is 2. The Kier molecular flexibility index (Phi) is 7.24. The molecule has 1 atom stereocenters. The first-order valence-electron chi connectivity index (χ1n) is 11.8. The lowest BCUT2D eigenvalue weighted by Gasteiger charge is -2.31. The Morgan fingerprint density at radius 1 is 1.03 bits per heavy atom. The number of hydrogen-bond donors (Lipinski definition) is 1. The van der Waals surface area contributed by atoms with Crippen molar-refractivity contribution in [3.63, 3.8) is 0 Å². The molecule has 2 aromatic carbocycles. The van der Waals surface area contributed by atoms with Crippen LogP contribution in [0.1, 0.15) is 68.1 Å². The molecule has 0 spiro atoms. The number of hydrogen-bond acceptors (Lipinski definition) is 3. The second-order valence-corrected chi connectivity index (χ2v) is 11.6. The van der Waals surface area contributed by atoms with Crippen molar-refractivity contribution in [1.29, 1.82) is 0 Å². The topological polar surface area (TPSA) is 38.7 Å². The van der Waals surface area contributed by atoms with E-state index in [0.717, 1.165) is 30.7 Å². The van der Waals surface area contributed by atoms with Crippen LogP contribution in [0.5, 0.6) is 11.5 Å². The molecule has 168 valence electrons. The van der Waals surface area contributed by atoms with E-state index in [-0.39, 0.29) is 0 Å². The van der Waals surface area contributed by atoms with Gasteiger partial charge in [0.2, 0.25) is 0 Å². The third kappa shape index (κ3) is 5.82. The minimum atomic E-state index is -0.834. The van der Waals surface area contributed by atoms with Gasteiger partial charge in [-0.2, -0.15) is 0 Å². The van der Waals surface area contributed by atoms with Crippen molar-refractivity contribution in [3.8, 4) is 11.5 Å². The second-order valence-electron chi connectivity index (χ2n) is 9.82. The molecule has 0 heterocycles. The molecule has 0 amide bonds. The molecule has 2 saturated carbocycles. The van der Waals surface area contributed by atoms with Gasteiger partial charge in [-0.05, 0) is 116 Å². The normalized spacial score (nSPS) is 23.2. The molecule has 3 nitrogen and oxygen atoms in total. The molecule has 0 radical (unpaired) electrons. The van der Waals surface area contributed by atoms with Crippen LogP contribution in [0.4, 0.5) is 0 Å². The van der Waals surface area contributed by atoms with Crippen LogP contribution in [-0.4, -0.2) is 31.4 Å².